The van der Waals surface area contributed by atoms with Gasteiger partial charge in [-0.15, -0.1) is 5.10 Å². The van der Waals surface area contributed by atoms with Gasteiger partial charge in [0.05, 0.1) is 18.9 Å². The molecule has 0 radical (unpaired) electrons. The lowest BCUT2D eigenvalue weighted by molar-refractivity contribution is 0.0311. The van der Waals surface area contributed by atoms with Crippen molar-refractivity contribution in [1.82, 2.24) is 20.2 Å². The molecule has 5 rings (SSSR count). The Morgan fingerprint density at radius 1 is 1.14 bits per heavy atom. The molecule has 1 aliphatic rings. The zero-order valence-corrected chi connectivity index (χ0v) is 15.9. The number of hydrogen-bond donors (Lipinski definition) is 0. The maximum atomic E-state index is 6.10. The normalized spacial score (nSPS) is 17.0. The van der Waals surface area contributed by atoms with Crippen LogP contribution in [-0.4, -0.2) is 39.4 Å². The lowest BCUT2D eigenvalue weighted by Crippen LogP contribution is -2.40. The zero-order chi connectivity index (χ0) is 19.5. The molecule has 0 aliphatic carbocycles. The second kappa shape index (κ2) is 7.97. The molecule has 146 valence electrons. The molecule has 1 saturated heterocycles. The quantitative estimate of drug-likeness (QED) is 0.514. The molecular formula is C22H21N5O2. The van der Waals surface area contributed by atoms with Crippen LogP contribution in [0.4, 0.5) is 5.95 Å². The Labute approximate surface area is 168 Å². The second-order valence-electron chi connectivity index (χ2n) is 7.17. The van der Waals surface area contributed by atoms with Crippen LogP contribution < -0.4 is 4.90 Å². The predicted octanol–water partition coefficient (Wildman–Crippen LogP) is 3.87. The molecule has 4 heterocycles. The van der Waals surface area contributed by atoms with E-state index in [-0.39, 0.29) is 6.10 Å². The highest BCUT2D eigenvalue weighted by Gasteiger charge is 2.23. The smallest absolute Gasteiger partial charge is 0.246 e. The van der Waals surface area contributed by atoms with E-state index in [0.717, 1.165) is 42.5 Å². The average Bonchev–Trinajstić information content (AvgIpc) is 3.23. The van der Waals surface area contributed by atoms with E-state index in [0.29, 0.717) is 24.0 Å². The standard InChI is InChI=1S/C22H21N5O2/c1-2-8-20-17(6-1)11-21(29-20)19-13-24-26-22(25-19)27-10-4-7-18(14-27)28-15-16-5-3-9-23-12-16/h1-3,5-6,8-9,11-13,18H,4,7,10,14-15H2/t18-/m0/s1. The first-order valence-electron chi connectivity index (χ1n) is 9.79. The Hall–Kier alpha value is -3.32. The third-order valence-corrected chi connectivity index (χ3v) is 5.10. The molecule has 29 heavy (non-hydrogen) atoms. The Balaban J connectivity index is 1.30. The average molecular weight is 387 g/mol. The van der Waals surface area contributed by atoms with Crippen LogP contribution in [0, 0.1) is 0 Å². The van der Waals surface area contributed by atoms with Crippen LogP contribution in [0.25, 0.3) is 22.4 Å². The predicted molar refractivity (Wildman–Crippen MR) is 109 cm³/mol. The summed E-state index contributed by atoms with van der Waals surface area (Å²) >= 11 is 0. The van der Waals surface area contributed by atoms with Gasteiger partial charge in [0.1, 0.15) is 11.3 Å². The first kappa shape index (κ1) is 17.8. The first-order valence-corrected chi connectivity index (χ1v) is 9.79. The molecule has 1 fully saturated rings. The number of furan rings is 1. The molecule has 0 amide bonds. The molecule has 1 atom stereocenters. The maximum Gasteiger partial charge on any atom is 0.246 e. The molecule has 0 unspecified atom stereocenters. The Morgan fingerprint density at radius 3 is 3.00 bits per heavy atom. The van der Waals surface area contributed by atoms with Crippen molar-refractivity contribution in [3.8, 4) is 11.5 Å². The molecule has 0 bridgehead atoms. The number of pyridine rings is 1. The summed E-state index contributed by atoms with van der Waals surface area (Å²) in [6.45, 7) is 2.19. The monoisotopic (exact) mass is 387 g/mol. The van der Waals surface area contributed by atoms with E-state index in [2.05, 4.69) is 20.1 Å². The lowest BCUT2D eigenvalue weighted by Gasteiger charge is -2.32. The third kappa shape index (κ3) is 3.95. The number of fused-ring (bicyclic) bond motifs is 1. The van der Waals surface area contributed by atoms with E-state index in [9.17, 15) is 0 Å². The van der Waals surface area contributed by atoms with Crippen LogP contribution in [0.2, 0.25) is 0 Å². The van der Waals surface area contributed by atoms with Gasteiger partial charge in [0.2, 0.25) is 5.95 Å². The fraction of sp³-hybridized carbons (Fsp3) is 0.273. The number of rotatable bonds is 5. The Kier molecular flexibility index (Phi) is 4.88. The van der Waals surface area contributed by atoms with Crippen LogP contribution >= 0.6 is 0 Å². The van der Waals surface area contributed by atoms with Crippen molar-refractivity contribution in [3.63, 3.8) is 0 Å². The van der Waals surface area contributed by atoms with Crippen LogP contribution in [0.5, 0.6) is 0 Å². The molecule has 3 aromatic heterocycles. The van der Waals surface area contributed by atoms with Gasteiger partial charge in [0.25, 0.3) is 0 Å². The zero-order valence-electron chi connectivity index (χ0n) is 15.9. The summed E-state index contributed by atoms with van der Waals surface area (Å²) in [6.07, 6.45) is 7.42. The Bertz CT molecular complexity index is 1070. The molecule has 0 spiro atoms. The van der Waals surface area contributed by atoms with Crippen molar-refractivity contribution < 1.29 is 9.15 Å². The highest BCUT2D eigenvalue weighted by Crippen LogP contribution is 2.27. The number of aromatic nitrogens is 4. The van der Waals surface area contributed by atoms with Gasteiger partial charge in [-0.1, -0.05) is 24.3 Å². The molecule has 0 saturated carbocycles. The van der Waals surface area contributed by atoms with Crippen LogP contribution in [-0.2, 0) is 11.3 Å². The number of hydrogen-bond acceptors (Lipinski definition) is 7. The molecule has 7 heteroatoms. The second-order valence-corrected chi connectivity index (χ2v) is 7.17. The minimum atomic E-state index is 0.127. The third-order valence-electron chi connectivity index (χ3n) is 5.10. The van der Waals surface area contributed by atoms with Crippen molar-refractivity contribution in [1.29, 1.82) is 0 Å². The fourth-order valence-corrected chi connectivity index (χ4v) is 3.61. The van der Waals surface area contributed by atoms with Gasteiger partial charge in [-0.3, -0.25) is 4.98 Å². The van der Waals surface area contributed by atoms with E-state index in [1.54, 1.807) is 12.4 Å². The SMILES string of the molecule is c1cncc(CO[C@H]2CCCN(c3nncc(-c4cc5ccccc5o4)n3)C2)c1. The van der Waals surface area contributed by atoms with Crippen molar-refractivity contribution in [3.05, 3.63) is 66.6 Å². The van der Waals surface area contributed by atoms with E-state index < -0.39 is 0 Å². The number of anilines is 1. The largest absolute Gasteiger partial charge is 0.454 e. The van der Waals surface area contributed by atoms with E-state index >= 15 is 0 Å². The highest BCUT2D eigenvalue weighted by molar-refractivity contribution is 5.82. The molecule has 1 aromatic carbocycles. The number of nitrogens with zero attached hydrogens (tertiary/aromatic N) is 5. The van der Waals surface area contributed by atoms with Crippen LogP contribution in [0.3, 0.4) is 0 Å². The summed E-state index contributed by atoms with van der Waals surface area (Å²) in [7, 11) is 0. The van der Waals surface area contributed by atoms with Gasteiger partial charge in [-0.05, 0) is 36.6 Å². The lowest BCUT2D eigenvalue weighted by atomic mass is 10.1. The number of ether oxygens (including phenoxy) is 1. The molecule has 4 aromatic rings. The van der Waals surface area contributed by atoms with Gasteiger partial charge in [0, 0.05) is 30.9 Å². The van der Waals surface area contributed by atoms with Crippen LogP contribution in [0.1, 0.15) is 18.4 Å². The summed E-state index contributed by atoms with van der Waals surface area (Å²) < 4.78 is 12.0. The van der Waals surface area contributed by atoms with Gasteiger partial charge in [-0.25, -0.2) is 4.98 Å². The maximum absolute atomic E-state index is 6.10. The minimum Gasteiger partial charge on any atom is -0.454 e. The van der Waals surface area contributed by atoms with Gasteiger partial charge < -0.3 is 14.1 Å². The summed E-state index contributed by atoms with van der Waals surface area (Å²) in [6, 6.07) is 13.9. The molecule has 1 aliphatic heterocycles. The first-order chi connectivity index (χ1) is 14.3. The fourth-order valence-electron chi connectivity index (χ4n) is 3.61. The van der Waals surface area contributed by atoms with E-state index in [4.69, 9.17) is 14.1 Å². The number of benzene rings is 1. The van der Waals surface area contributed by atoms with Crippen LogP contribution in [0.15, 0.2) is 65.5 Å². The van der Waals surface area contributed by atoms with Gasteiger partial charge in [-0.2, -0.15) is 5.10 Å². The molecule has 7 nitrogen and oxygen atoms in total. The van der Waals surface area contributed by atoms with Crippen molar-refractivity contribution in [2.24, 2.45) is 0 Å². The van der Waals surface area contributed by atoms with Gasteiger partial charge >= 0.3 is 0 Å². The van der Waals surface area contributed by atoms with E-state index in [1.807, 2.05) is 48.7 Å². The highest BCUT2D eigenvalue weighted by atomic mass is 16.5. The van der Waals surface area contributed by atoms with Crippen molar-refractivity contribution in [2.45, 2.75) is 25.6 Å². The summed E-state index contributed by atoms with van der Waals surface area (Å²) in [5.74, 6) is 1.31. The topological polar surface area (TPSA) is 77.2 Å². The number of piperidine rings is 1. The van der Waals surface area contributed by atoms with Crippen molar-refractivity contribution in [2.75, 3.05) is 18.0 Å². The van der Waals surface area contributed by atoms with E-state index in [1.165, 1.54) is 0 Å². The molecule has 0 N–H and O–H groups in total. The number of para-hydroxylation sites is 1. The summed E-state index contributed by atoms with van der Waals surface area (Å²) in [5, 5.41) is 9.46. The Morgan fingerprint density at radius 2 is 2.10 bits per heavy atom. The summed E-state index contributed by atoms with van der Waals surface area (Å²) in [5.41, 5.74) is 2.60. The minimum absolute atomic E-state index is 0.127. The van der Waals surface area contributed by atoms with Gasteiger partial charge in [0.15, 0.2) is 5.76 Å². The summed E-state index contributed by atoms with van der Waals surface area (Å²) in [4.78, 5) is 11.0. The van der Waals surface area contributed by atoms with Crippen molar-refractivity contribution >= 4 is 16.9 Å². The molecular weight excluding hydrogens is 366 g/mol.